The molecule has 0 unspecified atom stereocenters. The van der Waals surface area contributed by atoms with E-state index >= 15 is 0 Å². The maximum Gasteiger partial charge on any atom is 0.194 e. The number of carbonyl (C=O) groups is 1. The Bertz CT molecular complexity index is 1300. The minimum absolute atomic E-state index is 0.107. The number of aromatic nitrogens is 2. The molecule has 0 aliphatic rings. The minimum Gasteiger partial charge on any atom is -0.384 e. The number of thiazole rings is 2. The van der Waals surface area contributed by atoms with Crippen molar-refractivity contribution >= 4 is 64.5 Å². The number of anilines is 2. The molecule has 152 valence electrons. The molecule has 0 aliphatic carbocycles. The summed E-state index contributed by atoms with van der Waals surface area (Å²) in [4.78, 5) is 15.3. The van der Waals surface area contributed by atoms with Gasteiger partial charge in [0.1, 0.15) is 11.6 Å². The van der Waals surface area contributed by atoms with Crippen molar-refractivity contribution in [1.29, 1.82) is 0 Å². The molecule has 4 N–H and O–H groups in total. The number of hydrogen-bond acceptors (Lipinski definition) is 7. The summed E-state index contributed by atoms with van der Waals surface area (Å²) in [6, 6.07) is 14.9. The Morgan fingerprint density at radius 2 is 1.13 bits per heavy atom. The number of rotatable bonds is 4. The van der Waals surface area contributed by atoms with Crippen molar-refractivity contribution in [3.8, 4) is 20.9 Å². The van der Waals surface area contributed by atoms with Crippen molar-refractivity contribution in [2.24, 2.45) is 14.1 Å². The average molecular weight is 471 g/mol. The highest BCUT2D eigenvalue weighted by atomic mass is 32.2. The first-order valence-electron chi connectivity index (χ1n) is 8.95. The molecule has 9 heteroatoms. The van der Waals surface area contributed by atoms with E-state index in [9.17, 15) is 4.79 Å². The first-order chi connectivity index (χ1) is 14.3. The highest BCUT2D eigenvalue weighted by Gasteiger charge is 2.22. The molecule has 4 aromatic rings. The van der Waals surface area contributed by atoms with Crippen LogP contribution < -0.4 is 11.5 Å². The third-order valence-electron chi connectivity index (χ3n) is 4.95. The van der Waals surface area contributed by atoms with Crippen LogP contribution >= 0.6 is 47.1 Å². The van der Waals surface area contributed by atoms with E-state index < -0.39 is 0 Å². The van der Waals surface area contributed by atoms with Gasteiger partial charge in [-0.1, -0.05) is 48.5 Å². The fraction of sp³-hybridized carbons (Fsp3) is 0.0952. The lowest BCUT2D eigenvalue weighted by Gasteiger charge is -2.12. The van der Waals surface area contributed by atoms with Crippen molar-refractivity contribution in [3.63, 3.8) is 0 Å². The quantitative estimate of drug-likeness (QED) is 0.296. The van der Waals surface area contributed by atoms with Crippen LogP contribution in [0.1, 0.15) is 15.9 Å². The van der Waals surface area contributed by atoms with E-state index in [1.165, 1.54) is 22.7 Å². The van der Waals surface area contributed by atoms with Gasteiger partial charge in [-0.15, -0.1) is 22.7 Å². The first kappa shape index (κ1) is 20.7. The van der Waals surface area contributed by atoms with Gasteiger partial charge < -0.3 is 20.6 Å². The number of ketones is 1. The molecule has 0 aliphatic heterocycles. The van der Waals surface area contributed by atoms with E-state index in [1.54, 1.807) is 9.13 Å². The molecule has 0 radical (unpaired) electrons. The third kappa shape index (κ3) is 3.33. The molecule has 4 rings (SSSR count). The molecule has 2 aromatic carbocycles. The van der Waals surface area contributed by atoms with Crippen molar-refractivity contribution in [2.45, 2.75) is 0 Å². The molecule has 0 spiro atoms. The monoisotopic (exact) mass is 470 g/mol. The topological polar surface area (TPSA) is 79.0 Å². The van der Waals surface area contributed by atoms with Crippen LogP contribution in [0.5, 0.6) is 0 Å². The zero-order valence-corrected chi connectivity index (χ0v) is 19.5. The van der Waals surface area contributed by atoms with E-state index in [0.29, 0.717) is 30.7 Å². The zero-order valence-electron chi connectivity index (χ0n) is 16.2. The van der Waals surface area contributed by atoms with Crippen molar-refractivity contribution in [1.82, 2.24) is 9.13 Å². The normalized spacial score (nSPS) is 11.0. The molecule has 2 heterocycles. The molecule has 5 nitrogen and oxygen atoms in total. The molecular formula is C21H18N4OS4. The van der Waals surface area contributed by atoms with Crippen LogP contribution in [0, 0.1) is 7.91 Å². The summed E-state index contributed by atoms with van der Waals surface area (Å²) in [7, 11) is 3.65. The number of benzene rings is 2. The number of carbonyl (C=O) groups excluding carboxylic acids is 1. The van der Waals surface area contributed by atoms with Gasteiger partial charge in [-0.05, 0) is 24.4 Å². The lowest BCUT2D eigenvalue weighted by molar-refractivity contribution is 0.104. The standard InChI is InChI=1S/C21H18N4OS4/c1-24-18(22)16(29-20(24)27)13-9-5-3-7-11(13)15(26)12-8-4-6-10-14(12)17-19(23)25(2)21(28)30-17/h3-10H,22-23H2,1-2H3. The van der Waals surface area contributed by atoms with Crippen LogP contribution in [0.25, 0.3) is 20.9 Å². The Balaban J connectivity index is 1.91. The fourth-order valence-electron chi connectivity index (χ4n) is 3.21. The number of nitrogens with zero attached hydrogens (tertiary/aromatic N) is 2. The fourth-order valence-corrected chi connectivity index (χ4v) is 5.78. The van der Waals surface area contributed by atoms with Gasteiger partial charge in [-0.3, -0.25) is 4.79 Å². The van der Waals surface area contributed by atoms with Crippen molar-refractivity contribution < 1.29 is 4.79 Å². The van der Waals surface area contributed by atoms with E-state index in [4.69, 9.17) is 35.9 Å². The van der Waals surface area contributed by atoms with Crippen LogP contribution in [0.4, 0.5) is 11.6 Å². The van der Waals surface area contributed by atoms with Crippen LogP contribution in [-0.2, 0) is 14.1 Å². The largest absolute Gasteiger partial charge is 0.384 e. The lowest BCUT2D eigenvalue weighted by atomic mass is 9.94. The Kier molecular flexibility index (Phi) is 5.46. The molecule has 0 saturated heterocycles. The molecule has 0 fully saturated rings. The van der Waals surface area contributed by atoms with Crippen molar-refractivity contribution in [3.05, 3.63) is 67.6 Å². The summed E-state index contributed by atoms with van der Waals surface area (Å²) in [6.45, 7) is 0. The number of nitrogen functional groups attached to an aromatic ring is 2. The second-order valence-corrected chi connectivity index (χ2v) is 9.99. The Morgan fingerprint density at radius 3 is 1.47 bits per heavy atom. The van der Waals surface area contributed by atoms with Crippen molar-refractivity contribution in [2.75, 3.05) is 11.5 Å². The van der Waals surface area contributed by atoms with Gasteiger partial charge in [0.25, 0.3) is 0 Å². The Hall–Kier alpha value is -2.59. The summed E-state index contributed by atoms with van der Waals surface area (Å²) in [5, 5.41) is 0. The SMILES string of the molecule is Cn1c(N)c(-c2ccccc2C(=O)c2ccccc2-c2sc(=S)n(C)c2N)sc1=S. The van der Waals surface area contributed by atoms with E-state index in [2.05, 4.69) is 0 Å². The maximum absolute atomic E-state index is 13.7. The van der Waals surface area contributed by atoms with E-state index in [0.717, 1.165) is 20.9 Å². The summed E-state index contributed by atoms with van der Waals surface area (Å²) >= 11 is 13.5. The molecule has 2 aromatic heterocycles. The van der Waals surface area contributed by atoms with E-state index in [-0.39, 0.29) is 5.78 Å². The Morgan fingerprint density at radius 1 is 0.767 bits per heavy atom. The summed E-state index contributed by atoms with van der Waals surface area (Å²) in [5.74, 6) is 0.983. The predicted octanol–water partition coefficient (Wildman–Crippen LogP) is 5.67. The van der Waals surface area contributed by atoms with Gasteiger partial charge in [0.05, 0.1) is 9.75 Å². The summed E-state index contributed by atoms with van der Waals surface area (Å²) in [6.07, 6.45) is 0. The van der Waals surface area contributed by atoms with Crippen LogP contribution in [0.2, 0.25) is 0 Å². The molecule has 0 amide bonds. The minimum atomic E-state index is -0.107. The number of hydrogen-bond donors (Lipinski definition) is 2. The predicted molar refractivity (Wildman–Crippen MR) is 131 cm³/mol. The van der Waals surface area contributed by atoms with Gasteiger partial charge in [0, 0.05) is 36.3 Å². The Labute approximate surface area is 191 Å². The molecule has 0 saturated carbocycles. The average Bonchev–Trinajstić information content (AvgIpc) is 3.17. The summed E-state index contributed by atoms with van der Waals surface area (Å²) < 4.78 is 4.81. The maximum atomic E-state index is 13.7. The highest BCUT2D eigenvalue weighted by Crippen LogP contribution is 2.38. The highest BCUT2D eigenvalue weighted by molar-refractivity contribution is 7.73. The van der Waals surface area contributed by atoms with Gasteiger partial charge in [-0.2, -0.15) is 0 Å². The van der Waals surface area contributed by atoms with Crippen LogP contribution in [0.15, 0.2) is 48.5 Å². The molecular weight excluding hydrogens is 453 g/mol. The second-order valence-electron chi connectivity index (χ2n) is 6.70. The van der Waals surface area contributed by atoms with Crippen LogP contribution in [0.3, 0.4) is 0 Å². The molecule has 30 heavy (non-hydrogen) atoms. The molecule has 0 bridgehead atoms. The second kappa shape index (κ2) is 7.92. The zero-order chi connectivity index (χ0) is 21.6. The summed E-state index contributed by atoms with van der Waals surface area (Å²) in [5.41, 5.74) is 15.2. The first-order valence-corrected chi connectivity index (χ1v) is 11.4. The molecule has 0 atom stereocenters. The van der Waals surface area contributed by atoms with E-state index in [1.807, 2.05) is 62.6 Å². The number of nitrogens with two attached hydrogens (primary N) is 2. The van der Waals surface area contributed by atoms with Gasteiger partial charge >= 0.3 is 0 Å². The van der Waals surface area contributed by atoms with Gasteiger partial charge in [0.15, 0.2) is 13.7 Å². The lowest BCUT2D eigenvalue weighted by Crippen LogP contribution is -2.06. The van der Waals surface area contributed by atoms with Crippen LogP contribution in [-0.4, -0.2) is 14.9 Å². The van der Waals surface area contributed by atoms with Gasteiger partial charge in [0.2, 0.25) is 0 Å². The third-order valence-corrected chi connectivity index (χ3v) is 8.16. The smallest absolute Gasteiger partial charge is 0.194 e. The van der Waals surface area contributed by atoms with Gasteiger partial charge in [-0.25, -0.2) is 0 Å².